The van der Waals surface area contributed by atoms with Crippen molar-refractivity contribution in [2.45, 2.75) is 19.3 Å². The Morgan fingerprint density at radius 1 is 1.12 bits per heavy atom. The van der Waals surface area contributed by atoms with Crippen molar-refractivity contribution < 1.29 is 9.72 Å². The highest BCUT2D eigenvalue weighted by atomic mass is 35.5. The van der Waals surface area contributed by atoms with Gasteiger partial charge in [-0.3, -0.25) is 14.9 Å². The third kappa shape index (κ3) is 3.91. The van der Waals surface area contributed by atoms with Crippen LogP contribution in [0.25, 0.3) is 0 Å². The maximum atomic E-state index is 12.8. The van der Waals surface area contributed by atoms with E-state index in [0.717, 1.165) is 38.0 Å². The Morgan fingerprint density at radius 2 is 1.84 bits per heavy atom. The highest BCUT2D eigenvalue weighted by Crippen LogP contribution is 2.29. The molecule has 0 aromatic heterocycles. The van der Waals surface area contributed by atoms with Crippen LogP contribution in [0.3, 0.4) is 0 Å². The SMILES string of the molecule is O=C(Nc1ccccc1Cl)c1cc([N+](=O)[O-])ccc1N1CCCCC1. The number of benzene rings is 2. The molecule has 1 aliphatic heterocycles. The Bertz CT molecular complexity index is 804. The number of hydrogen-bond donors (Lipinski definition) is 1. The number of hydrogen-bond acceptors (Lipinski definition) is 4. The van der Waals surface area contributed by atoms with Crippen LogP contribution in [0, 0.1) is 10.1 Å². The standard InChI is InChI=1S/C18H18ClN3O3/c19-15-6-2-3-7-16(15)20-18(23)14-12-13(22(24)25)8-9-17(14)21-10-4-1-5-11-21/h2-3,6-9,12H,1,4-5,10-11H2,(H,20,23). The maximum Gasteiger partial charge on any atom is 0.270 e. The molecule has 1 amide bonds. The number of rotatable bonds is 4. The summed E-state index contributed by atoms with van der Waals surface area (Å²) in [6.07, 6.45) is 3.25. The topological polar surface area (TPSA) is 75.5 Å². The molecule has 130 valence electrons. The van der Waals surface area contributed by atoms with Gasteiger partial charge in [0.05, 0.1) is 26.9 Å². The van der Waals surface area contributed by atoms with Crippen molar-refractivity contribution in [1.82, 2.24) is 0 Å². The smallest absolute Gasteiger partial charge is 0.270 e. The third-order valence-corrected chi connectivity index (χ3v) is 4.58. The number of piperidine rings is 1. The summed E-state index contributed by atoms with van der Waals surface area (Å²) in [6, 6.07) is 11.3. The number of nitro groups is 1. The number of amides is 1. The Kier molecular flexibility index (Phi) is 5.19. The summed E-state index contributed by atoms with van der Waals surface area (Å²) in [7, 11) is 0. The fraction of sp³-hybridized carbons (Fsp3) is 0.278. The van der Waals surface area contributed by atoms with Crippen LogP contribution in [0.4, 0.5) is 17.1 Å². The first-order valence-corrected chi connectivity index (χ1v) is 8.53. The second kappa shape index (κ2) is 7.53. The molecule has 0 unspecified atom stereocenters. The van der Waals surface area contributed by atoms with E-state index in [1.54, 1.807) is 30.3 Å². The van der Waals surface area contributed by atoms with Gasteiger partial charge in [0.1, 0.15) is 0 Å². The van der Waals surface area contributed by atoms with Gasteiger partial charge in [-0.05, 0) is 37.5 Å². The average molecular weight is 360 g/mol. The minimum atomic E-state index is -0.494. The summed E-state index contributed by atoms with van der Waals surface area (Å²) in [6.45, 7) is 1.67. The molecule has 0 bridgehead atoms. The predicted octanol–water partition coefficient (Wildman–Crippen LogP) is 4.49. The van der Waals surface area contributed by atoms with Crippen LogP contribution in [0.5, 0.6) is 0 Å². The lowest BCUT2D eigenvalue weighted by molar-refractivity contribution is -0.384. The van der Waals surface area contributed by atoms with Crippen LogP contribution in [-0.4, -0.2) is 23.9 Å². The van der Waals surface area contributed by atoms with Crippen LogP contribution < -0.4 is 10.2 Å². The predicted molar refractivity (Wildman–Crippen MR) is 98.6 cm³/mol. The molecule has 1 fully saturated rings. The number of carbonyl (C=O) groups excluding carboxylic acids is 1. The molecule has 0 saturated carbocycles. The molecular weight excluding hydrogens is 342 g/mol. The van der Waals surface area contributed by atoms with Gasteiger partial charge in [-0.2, -0.15) is 0 Å². The first-order valence-electron chi connectivity index (χ1n) is 8.15. The number of nitrogens with one attached hydrogen (secondary N) is 1. The first kappa shape index (κ1) is 17.2. The fourth-order valence-electron chi connectivity index (χ4n) is 2.98. The normalized spacial score (nSPS) is 14.2. The summed E-state index contributed by atoms with van der Waals surface area (Å²) < 4.78 is 0. The number of carbonyl (C=O) groups is 1. The number of anilines is 2. The summed E-state index contributed by atoms with van der Waals surface area (Å²) in [4.78, 5) is 25.5. The summed E-state index contributed by atoms with van der Waals surface area (Å²) >= 11 is 6.09. The summed E-state index contributed by atoms with van der Waals surface area (Å²) in [5.74, 6) is -0.405. The molecule has 25 heavy (non-hydrogen) atoms. The van der Waals surface area contributed by atoms with Crippen molar-refractivity contribution in [3.63, 3.8) is 0 Å². The largest absolute Gasteiger partial charge is 0.371 e. The van der Waals surface area contributed by atoms with Gasteiger partial charge in [0, 0.05) is 25.2 Å². The van der Waals surface area contributed by atoms with E-state index >= 15 is 0 Å². The molecular formula is C18H18ClN3O3. The van der Waals surface area contributed by atoms with Crippen LogP contribution in [0.2, 0.25) is 5.02 Å². The van der Waals surface area contributed by atoms with Gasteiger partial charge in [0.15, 0.2) is 0 Å². The quantitative estimate of drug-likeness (QED) is 0.644. The van der Waals surface area contributed by atoms with Gasteiger partial charge in [-0.1, -0.05) is 23.7 Å². The fourth-order valence-corrected chi connectivity index (χ4v) is 3.17. The zero-order valence-corrected chi connectivity index (χ0v) is 14.3. The van der Waals surface area contributed by atoms with Gasteiger partial charge < -0.3 is 10.2 Å². The van der Waals surface area contributed by atoms with E-state index in [0.29, 0.717) is 10.7 Å². The van der Waals surface area contributed by atoms with E-state index in [1.807, 2.05) is 0 Å². The third-order valence-electron chi connectivity index (χ3n) is 4.25. The molecule has 0 radical (unpaired) electrons. The van der Waals surface area contributed by atoms with Gasteiger partial charge in [-0.25, -0.2) is 0 Å². The molecule has 6 nitrogen and oxygen atoms in total. The number of para-hydroxylation sites is 1. The molecule has 2 aromatic carbocycles. The zero-order valence-electron chi connectivity index (χ0n) is 13.6. The van der Waals surface area contributed by atoms with Crippen molar-refractivity contribution in [1.29, 1.82) is 0 Å². The monoisotopic (exact) mass is 359 g/mol. The molecule has 0 aliphatic carbocycles. The molecule has 7 heteroatoms. The van der Waals surface area contributed by atoms with E-state index < -0.39 is 10.8 Å². The number of nitro benzene ring substituents is 1. The minimum Gasteiger partial charge on any atom is -0.371 e. The Balaban J connectivity index is 1.96. The molecule has 0 atom stereocenters. The van der Waals surface area contributed by atoms with Crippen molar-refractivity contribution in [2.24, 2.45) is 0 Å². The highest BCUT2D eigenvalue weighted by Gasteiger charge is 2.22. The molecule has 1 N–H and O–H groups in total. The second-order valence-corrected chi connectivity index (χ2v) is 6.35. The van der Waals surface area contributed by atoms with Crippen molar-refractivity contribution >= 4 is 34.6 Å². The van der Waals surface area contributed by atoms with Gasteiger partial charge in [0.2, 0.25) is 0 Å². The Morgan fingerprint density at radius 3 is 2.52 bits per heavy atom. The number of halogens is 1. The molecule has 1 saturated heterocycles. The lowest BCUT2D eigenvalue weighted by Crippen LogP contribution is -2.31. The first-order chi connectivity index (χ1) is 12.1. The van der Waals surface area contributed by atoms with Crippen molar-refractivity contribution in [3.05, 3.63) is 63.2 Å². The maximum absolute atomic E-state index is 12.8. The van der Waals surface area contributed by atoms with E-state index in [1.165, 1.54) is 12.1 Å². The van der Waals surface area contributed by atoms with Gasteiger partial charge >= 0.3 is 0 Å². The summed E-state index contributed by atoms with van der Waals surface area (Å²) in [5.41, 5.74) is 1.38. The molecule has 1 aliphatic rings. The second-order valence-electron chi connectivity index (χ2n) is 5.94. The zero-order chi connectivity index (χ0) is 17.8. The van der Waals surface area contributed by atoms with Crippen molar-refractivity contribution in [3.8, 4) is 0 Å². The highest BCUT2D eigenvalue weighted by molar-refractivity contribution is 6.34. The van der Waals surface area contributed by atoms with E-state index in [-0.39, 0.29) is 11.3 Å². The van der Waals surface area contributed by atoms with Crippen LogP contribution in [-0.2, 0) is 0 Å². The minimum absolute atomic E-state index is 0.106. The Labute approximate surface area is 150 Å². The molecule has 1 heterocycles. The lowest BCUT2D eigenvalue weighted by Gasteiger charge is -2.30. The molecule has 2 aromatic rings. The van der Waals surface area contributed by atoms with E-state index in [2.05, 4.69) is 10.2 Å². The van der Waals surface area contributed by atoms with Gasteiger partial charge in [-0.15, -0.1) is 0 Å². The average Bonchev–Trinajstić information content (AvgIpc) is 2.63. The van der Waals surface area contributed by atoms with E-state index in [4.69, 9.17) is 11.6 Å². The van der Waals surface area contributed by atoms with E-state index in [9.17, 15) is 14.9 Å². The van der Waals surface area contributed by atoms with Crippen molar-refractivity contribution in [2.75, 3.05) is 23.3 Å². The molecule has 0 spiro atoms. The van der Waals surface area contributed by atoms with Crippen LogP contribution >= 0.6 is 11.6 Å². The lowest BCUT2D eigenvalue weighted by atomic mass is 10.1. The number of non-ortho nitro benzene ring substituents is 1. The van der Waals surface area contributed by atoms with Crippen LogP contribution in [0.1, 0.15) is 29.6 Å². The van der Waals surface area contributed by atoms with Gasteiger partial charge in [0.25, 0.3) is 11.6 Å². The van der Waals surface area contributed by atoms with Crippen LogP contribution in [0.15, 0.2) is 42.5 Å². The number of nitrogens with zero attached hydrogens (tertiary/aromatic N) is 2. The molecule has 3 rings (SSSR count). The Hall–Kier alpha value is -2.60. The summed E-state index contributed by atoms with van der Waals surface area (Å²) in [5, 5.41) is 14.3.